The molecule has 0 heterocycles. The summed E-state index contributed by atoms with van der Waals surface area (Å²) < 4.78 is 0. The lowest BCUT2D eigenvalue weighted by Crippen LogP contribution is -2.17. The Balaban J connectivity index is 2.34. The van der Waals surface area contributed by atoms with Gasteiger partial charge in [0.05, 0.1) is 0 Å². The van der Waals surface area contributed by atoms with Crippen LogP contribution >= 0.6 is 0 Å². The number of hydrogen-bond donors (Lipinski definition) is 1. The smallest absolute Gasteiger partial charge is 0.0471 e. The van der Waals surface area contributed by atoms with E-state index in [0.717, 1.165) is 13.0 Å². The van der Waals surface area contributed by atoms with Gasteiger partial charge in [0, 0.05) is 24.5 Å². The molecule has 0 atom stereocenters. The van der Waals surface area contributed by atoms with Crippen LogP contribution < -0.4 is 4.90 Å². The highest BCUT2D eigenvalue weighted by molar-refractivity contribution is 5.66. The molecule has 0 bridgehead atoms. The maximum atomic E-state index is 9.00. The molecule has 0 aliphatic heterocycles. The van der Waals surface area contributed by atoms with Gasteiger partial charge in [-0.3, -0.25) is 0 Å². The van der Waals surface area contributed by atoms with Crippen LogP contribution in [0.1, 0.15) is 18.1 Å². The van der Waals surface area contributed by atoms with Gasteiger partial charge in [0.25, 0.3) is 0 Å². The van der Waals surface area contributed by atoms with Crippen molar-refractivity contribution in [3.63, 3.8) is 0 Å². The Morgan fingerprint density at radius 1 is 1.05 bits per heavy atom. The molecule has 0 radical (unpaired) electrons. The molecule has 0 spiro atoms. The van der Waals surface area contributed by atoms with Crippen LogP contribution in [-0.2, 0) is 6.42 Å². The predicted octanol–water partition coefficient (Wildman–Crippen LogP) is 3.69. The monoisotopic (exact) mass is 255 g/mol. The summed E-state index contributed by atoms with van der Waals surface area (Å²) in [5.41, 5.74) is 4.88. The lowest BCUT2D eigenvalue weighted by Gasteiger charge is -2.25. The molecule has 0 saturated heterocycles. The van der Waals surface area contributed by atoms with Crippen LogP contribution in [0.15, 0.2) is 48.5 Å². The Bertz CT molecular complexity index is 522. The maximum absolute atomic E-state index is 9.00. The number of benzene rings is 2. The molecule has 2 rings (SSSR count). The van der Waals surface area contributed by atoms with E-state index in [-0.39, 0.29) is 6.61 Å². The van der Waals surface area contributed by atoms with E-state index < -0.39 is 0 Å². The summed E-state index contributed by atoms with van der Waals surface area (Å²) in [5, 5.41) is 9.00. The number of aliphatic hydroxyl groups is 1. The summed E-state index contributed by atoms with van der Waals surface area (Å²) in [6, 6.07) is 16.8. The van der Waals surface area contributed by atoms with Gasteiger partial charge < -0.3 is 10.0 Å². The summed E-state index contributed by atoms with van der Waals surface area (Å²) in [5.74, 6) is 0. The quantitative estimate of drug-likeness (QED) is 0.880. The maximum Gasteiger partial charge on any atom is 0.0471 e. The normalized spacial score (nSPS) is 10.5. The number of aryl methyl sites for hydroxylation is 1. The molecule has 0 fully saturated rings. The van der Waals surface area contributed by atoms with Crippen molar-refractivity contribution in [1.82, 2.24) is 0 Å². The minimum atomic E-state index is 0.203. The first-order valence-corrected chi connectivity index (χ1v) is 6.79. The predicted molar refractivity (Wildman–Crippen MR) is 81.1 cm³/mol. The van der Waals surface area contributed by atoms with Crippen molar-refractivity contribution < 1.29 is 5.11 Å². The fourth-order valence-electron chi connectivity index (χ4n) is 2.40. The van der Waals surface area contributed by atoms with Gasteiger partial charge in [0.1, 0.15) is 0 Å². The lowest BCUT2D eigenvalue weighted by molar-refractivity contribution is 0.299. The molecule has 100 valence electrons. The van der Waals surface area contributed by atoms with E-state index in [2.05, 4.69) is 61.2 Å². The van der Waals surface area contributed by atoms with E-state index in [9.17, 15) is 0 Å². The largest absolute Gasteiger partial charge is 0.396 e. The molecule has 0 saturated carbocycles. The zero-order valence-electron chi connectivity index (χ0n) is 11.6. The lowest BCUT2D eigenvalue weighted by atomic mass is 10.1. The second-order valence-electron chi connectivity index (χ2n) is 4.67. The molecule has 0 aromatic heterocycles. The number of anilines is 2. The van der Waals surface area contributed by atoms with Crippen molar-refractivity contribution in [2.45, 2.75) is 20.3 Å². The second kappa shape index (κ2) is 6.39. The van der Waals surface area contributed by atoms with E-state index in [4.69, 9.17) is 5.11 Å². The molecule has 2 heteroatoms. The molecule has 1 N–H and O–H groups in total. The van der Waals surface area contributed by atoms with E-state index in [1.54, 1.807) is 0 Å². The van der Waals surface area contributed by atoms with Gasteiger partial charge in [-0.25, -0.2) is 0 Å². The van der Waals surface area contributed by atoms with Gasteiger partial charge in [0.15, 0.2) is 0 Å². The first-order valence-electron chi connectivity index (χ1n) is 6.79. The first kappa shape index (κ1) is 13.6. The summed E-state index contributed by atoms with van der Waals surface area (Å²) >= 11 is 0. The SMILES string of the molecule is CCN(c1ccccc1)c1ccc(CCO)cc1C. The standard InChI is InChI=1S/C17H21NO/c1-3-18(16-7-5-4-6-8-16)17-10-9-15(11-12-19)13-14(17)2/h4-10,13,19H,3,11-12H2,1-2H3. The van der Waals surface area contributed by atoms with Gasteiger partial charge in [0.2, 0.25) is 0 Å². The molecule has 0 aliphatic rings. The van der Waals surface area contributed by atoms with Gasteiger partial charge in [-0.2, -0.15) is 0 Å². The Morgan fingerprint density at radius 2 is 1.79 bits per heavy atom. The third kappa shape index (κ3) is 3.15. The van der Waals surface area contributed by atoms with Crippen molar-refractivity contribution >= 4 is 11.4 Å². The fourth-order valence-corrected chi connectivity index (χ4v) is 2.40. The summed E-state index contributed by atoms with van der Waals surface area (Å²) in [6.07, 6.45) is 0.721. The van der Waals surface area contributed by atoms with Crippen LogP contribution in [0, 0.1) is 6.92 Å². The molecule has 0 unspecified atom stereocenters. The summed E-state index contributed by atoms with van der Waals surface area (Å²) in [6.45, 7) is 5.43. The number of aliphatic hydroxyl groups excluding tert-OH is 1. The minimum absolute atomic E-state index is 0.203. The number of nitrogens with zero attached hydrogens (tertiary/aromatic N) is 1. The van der Waals surface area contributed by atoms with Crippen LogP contribution in [0.5, 0.6) is 0 Å². The van der Waals surface area contributed by atoms with E-state index in [1.807, 2.05) is 6.07 Å². The minimum Gasteiger partial charge on any atom is -0.396 e. The van der Waals surface area contributed by atoms with Crippen molar-refractivity contribution in [1.29, 1.82) is 0 Å². The van der Waals surface area contributed by atoms with Gasteiger partial charge in [-0.1, -0.05) is 30.3 Å². The molecule has 19 heavy (non-hydrogen) atoms. The second-order valence-corrected chi connectivity index (χ2v) is 4.67. The van der Waals surface area contributed by atoms with Crippen molar-refractivity contribution in [2.24, 2.45) is 0 Å². The highest BCUT2D eigenvalue weighted by Crippen LogP contribution is 2.28. The molecular weight excluding hydrogens is 234 g/mol. The van der Waals surface area contributed by atoms with Gasteiger partial charge in [-0.15, -0.1) is 0 Å². The average Bonchev–Trinajstić information content (AvgIpc) is 2.43. The Morgan fingerprint density at radius 3 is 2.37 bits per heavy atom. The Kier molecular flexibility index (Phi) is 4.58. The van der Waals surface area contributed by atoms with E-state index in [1.165, 1.54) is 22.5 Å². The highest BCUT2D eigenvalue weighted by Gasteiger charge is 2.09. The van der Waals surface area contributed by atoms with Crippen LogP contribution in [0.25, 0.3) is 0 Å². The molecular formula is C17H21NO. The van der Waals surface area contributed by atoms with Crippen molar-refractivity contribution in [3.8, 4) is 0 Å². The molecule has 2 nitrogen and oxygen atoms in total. The summed E-state index contributed by atoms with van der Waals surface area (Å²) in [4.78, 5) is 2.30. The topological polar surface area (TPSA) is 23.5 Å². The average molecular weight is 255 g/mol. The zero-order valence-corrected chi connectivity index (χ0v) is 11.6. The van der Waals surface area contributed by atoms with Crippen molar-refractivity contribution in [2.75, 3.05) is 18.1 Å². The van der Waals surface area contributed by atoms with E-state index in [0.29, 0.717) is 0 Å². The number of hydrogen-bond acceptors (Lipinski definition) is 2. The first-order chi connectivity index (χ1) is 9.26. The van der Waals surface area contributed by atoms with Crippen LogP contribution in [0.4, 0.5) is 11.4 Å². The highest BCUT2D eigenvalue weighted by atomic mass is 16.2. The molecule has 0 aliphatic carbocycles. The number of para-hydroxylation sites is 1. The van der Waals surface area contributed by atoms with Crippen LogP contribution in [-0.4, -0.2) is 18.3 Å². The molecule has 2 aromatic carbocycles. The molecule has 2 aromatic rings. The third-order valence-electron chi connectivity index (χ3n) is 3.34. The fraction of sp³-hybridized carbons (Fsp3) is 0.294. The summed E-state index contributed by atoms with van der Waals surface area (Å²) in [7, 11) is 0. The number of rotatable bonds is 5. The molecule has 0 amide bonds. The van der Waals surface area contributed by atoms with Crippen LogP contribution in [0.2, 0.25) is 0 Å². The Labute approximate surface area is 115 Å². The van der Waals surface area contributed by atoms with Gasteiger partial charge >= 0.3 is 0 Å². The van der Waals surface area contributed by atoms with Gasteiger partial charge in [-0.05, 0) is 49.6 Å². The van der Waals surface area contributed by atoms with Crippen molar-refractivity contribution in [3.05, 3.63) is 59.7 Å². The van der Waals surface area contributed by atoms with Crippen LogP contribution in [0.3, 0.4) is 0 Å². The zero-order chi connectivity index (χ0) is 13.7. The third-order valence-corrected chi connectivity index (χ3v) is 3.34. The Hall–Kier alpha value is -1.80. The van der Waals surface area contributed by atoms with E-state index >= 15 is 0 Å².